The number of anilines is 2. The molecule has 0 bridgehead atoms. The molecule has 3 aromatic heterocycles. The van der Waals surface area contributed by atoms with E-state index in [0.717, 1.165) is 28.4 Å². The first-order chi connectivity index (χ1) is 25.3. The van der Waals surface area contributed by atoms with Gasteiger partial charge >= 0.3 is 0 Å². The second-order valence-electron chi connectivity index (χ2n) is 13.6. The molecule has 0 radical (unpaired) electrons. The van der Waals surface area contributed by atoms with Gasteiger partial charge in [0.1, 0.15) is 11.6 Å². The van der Waals surface area contributed by atoms with Crippen LogP contribution in [-0.2, 0) is 0 Å². The highest BCUT2D eigenvalue weighted by atomic mass is 15.3. The lowest BCUT2D eigenvalue weighted by Gasteiger charge is -2.28. The average molecular weight is 653 g/mol. The molecule has 6 aromatic carbocycles. The van der Waals surface area contributed by atoms with Gasteiger partial charge in [-0.05, 0) is 71.3 Å². The number of rotatable bonds is 4. The molecule has 2 aliphatic rings. The number of fused-ring (bicyclic) bond motifs is 9. The predicted octanol–water partition coefficient (Wildman–Crippen LogP) is 11.7. The fourth-order valence-electron chi connectivity index (χ4n) is 8.64. The second kappa shape index (κ2) is 10.9. The zero-order valence-corrected chi connectivity index (χ0v) is 27.8. The van der Waals surface area contributed by atoms with Crippen molar-refractivity contribution < 1.29 is 0 Å². The van der Waals surface area contributed by atoms with Crippen LogP contribution in [0, 0.1) is 0 Å². The molecule has 240 valence electrons. The maximum absolute atomic E-state index is 5.46. The lowest BCUT2D eigenvalue weighted by molar-refractivity contribution is 0.737. The number of aromatic nitrogens is 3. The normalized spacial score (nSPS) is 16.4. The summed E-state index contributed by atoms with van der Waals surface area (Å²) in [5, 5.41) is 4.92. The number of hydrogen-bond acceptors (Lipinski definition) is 2. The van der Waals surface area contributed by atoms with Gasteiger partial charge in [-0.2, -0.15) is 0 Å². The molecule has 0 spiro atoms. The molecule has 9 aromatic rings. The smallest absolute Gasteiger partial charge is 0.140 e. The minimum Gasteiger partial charge on any atom is -0.318 e. The molecule has 2 atom stereocenters. The summed E-state index contributed by atoms with van der Waals surface area (Å²) >= 11 is 0. The standard InChI is InChI=1S/C47H32N4/c1-2-14-31(15-3-1)32-16-12-17-33(28-32)49-40-22-8-6-20-36(40)38-29-39-37-21-7-11-25-43(37)51(45(39)30-44(38)49)47-27-13-26-46(48-47)50-41-23-9-4-18-34(41)35-19-5-10-24-42(35)50/h1-30,34,41H. The van der Waals surface area contributed by atoms with Gasteiger partial charge in [-0.1, -0.05) is 127 Å². The molecule has 0 amide bonds. The van der Waals surface area contributed by atoms with Crippen molar-refractivity contribution in [3.63, 3.8) is 0 Å². The van der Waals surface area contributed by atoms with Gasteiger partial charge in [-0.15, -0.1) is 0 Å². The molecular weight excluding hydrogens is 621 g/mol. The van der Waals surface area contributed by atoms with E-state index in [0.29, 0.717) is 5.92 Å². The SMILES string of the molecule is C1=CC2c3ccccc3N(c3cccc(-n4c5ccccc5c5cc6c7ccccc7n(-c7cccc(-c8ccccc8)c7)c6cc54)n3)C2C=C1. The van der Waals surface area contributed by atoms with Crippen LogP contribution in [0.15, 0.2) is 182 Å². The van der Waals surface area contributed by atoms with Crippen LogP contribution in [0.2, 0.25) is 0 Å². The van der Waals surface area contributed by atoms with Crippen molar-refractivity contribution in [1.82, 2.24) is 14.1 Å². The Morgan fingerprint density at radius 3 is 1.92 bits per heavy atom. The third-order valence-corrected chi connectivity index (χ3v) is 10.8. The van der Waals surface area contributed by atoms with Crippen molar-refractivity contribution in [2.45, 2.75) is 12.0 Å². The first kappa shape index (κ1) is 28.2. The Kier molecular flexibility index (Phi) is 6.05. The van der Waals surface area contributed by atoms with Crippen LogP contribution in [0.5, 0.6) is 0 Å². The summed E-state index contributed by atoms with van der Waals surface area (Å²) in [6.07, 6.45) is 8.96. The Labute approximate surface area is 295 Å². The third-order valence-electron chi connectivity index (χ3n) is 10.8. The lowest BCUT2D eigenvalue weighted by Crippen LogP contribution is -2.29. The highest BCUT2D eigenvalue weighted by Gasteiger charge is 2.37. The Morgan fingerprint density at radius 2 is 1.08 bits per heavy atom. The maximum Gasteiger partial charge on any atom is 0.140 e. The van der Waals surface area contributed by atoms with E-state index in [9.17, 15) is 0 Å². The van der Waals surface area contributed by atoms with E-state index in [1.165, 1.54) is 55.0 Å². The number of hydrogen-bond donors (Lipinski definition) is 0. The maximum atomic E-state index is 5.46. The molecule has 1 aliphatic carbocycles. The Bertz CT molecular complexity index is 2890. The number of benzene rings is 6. The molecule has 0 N–H and O–H groups in total. The molecule has 0 saturated heterocycles. The Balaban J connectivity index is 1.16. The molecule has 1 aliphatic heterocycles. The monoisotopic (exact) mass is 652 g/mol. The minimum atomic E-state index is 0.190. The van der Waals surface area contributed by atoms with E-state index in [4.69, 9.17) is 4.98 Å². The van der Waals surface area contributed by atoms with Crippen LogP contribution < -0.4 is 4.90 Å². The van der Waals surface area contributed by atoms with E-state index in [1.54, 1.807) is 0 Å². The molecule has 4 nitrogen and oxygen atoms in total. The van der Waals surface area contributed by atoms with Gasteiger partial charge in [0.15, 0.2) is 0 Å². The second-order valence-corrected chi connectivity index (χ2v) is 13.6. The van der Waals surface area contributed by atoms with Gasteiger partial charge in [-0.25, -0.2) is 4.98 Å². The summed E-state index contributed by atoms with van der Waals surface area (Å²) in [6, 6.07) is 57.2. The van der Waals surface area contributed by atoms with Crippen molar-refractivity contribution in [3.8, 4) is 22.6 Å². The van der Waals surface area contributed by atoms with Crippen LogP contribution in [-0.4, -0.2) is 20.2 Å². The van der Waals surface area contributed by atoms with Gasteiger partial charge < -0.3 is 9.47 Å². The van der Waals surface area contributed by atoms with E-state index in [-0.39, 0.29) is 6.04 Å². The van der Waals surface area contributed by atoms with Crippen LogP contribution in [0.1, 0.15) is 11.5 Å². The molecule has 0 saturated carbocycles. The zero-order chi connectivity index (χ0) is 33.5. The van der Waals surface area contributed by atoms with Crippen LogP contribution in [0.25, 0.3) is 66.2 Å². The molecular formula is C47H32N4. The van der Waals surface area contributed by atoms with Crippen molar-refractivity contribution in [3.05, 3.63) is 188 Å². The summed E-state index contributed by atoms with van der Waals surface area (Å²) in [6.45, 7) is 0. The molecule has 11 rings (SSSR count). The van der Waals surface area contributed by atoms with Crippen LogP contribution in [0.3, 0.4) is 0 Å². The van der Waals surface area contributed by atoms with Crippen molar-refractivity contribution in [2.75, 3.05) is 4.90 Å². The first-order valence-electron chi connectivity index (χ1n) is 17.6. The number of para-hydroxylation sites is 3. The number of pyridine rings is 1. The zero-order valence-electron chi connectivity index (χ0n) is 27.8. The number of nitrogens with zero attached hydrogens (tertiary/aromatic N) is 4. The van der Waals surface area contributed by atoms with Gasteiger partial charge in [0, 0.05) is 38.8 Å². The summed E-state index contributed by atoms with van der Waals surface area (Å²) in [5.74, 6) is 2.16. The van der Waals surface area contributed by atoms with Crippen molar-refractivity contribution >= 4 is 55.1 Å². The third kappa shape index (κ3) is 4.17. The van der Waals surface area contributed by atoms with Crippen molar-refractivity contribution in [1.29, 1.82) is 0 Å². The molecule has 0 fully saturated rings. The average Bonchev–Trinajstić information content (AvgIpc) is 3.83. The fourth-order valence-corrected chi connectivity index (χ4v) is 8.64. The van der Waals surface area contributed by atoms with Crippen LogP contribution in [0.4, 0.5) is 11.5 Å². The van der Waals surface area contributed by atoms with Crippen LogP contribution >= 0.6 is 0 Å². The Morgan fingerprint density at radius 1 is 0.431 bits per heavy atom. The highest BCUT2D eigenvalue weighted by Crippen LogP contribution is 2.47. The summed E-state index contributed by atoms with van der Waals surface area (Å²) in [4.78, 5) is 7.87. The van der Waals surface area contributed by atoms with E-state index < -0.39 is 0 Å². The van der Waals surface area contributed by atoms with E-state index in [1.807, 2.05) is 0 Å². The van der Waals surface area contributed by atoms with E-state index >= 15 is 0 Å². The minimum absolute atomic E-state index is 0.190. The van der Waals surface area contributed by atoms with E-state index in [2.05, 4.69) is 196 Å². The van der Waals surface area contributed by atoms with Crippen molar-refractivity contribution in [2.24, 2.45) is 0 Å². The lowest BCUT2D eigenvalue weighted by atomic mass is 9.91. The summed E-state index contributed by atoms with van der Waals surface area (Å²) in [7, 11) is 0. The quantitative estimate of drug-likeness (QED) is 0.189. The van der Waals surface area contributed by atoms with Gasteiger partial charge in [0.2, 0.25) is 0 Å². The molecule has 4 heterocycles. The number of allylic oxidation sites excluding steroid dienone is 2. The molecule has 4 heteroatoms. The highest BCUT2D eigenvalue weighted by molar-refractivity contribution is 6.19. The largest absolute Gasteiger partial charge is 0.318 e. The first-order valence-corrected chi connectivity index (χ1v) is 17.6. The van der Waals surface area contributed by atoms with Gasteiger partial charge in [0.05, 0.1) is 28.1 Å². The Hall–Kier alpha value is -6.65. The molecule has 51 heavy (non-hydrogen) atoms. The summed E-state index contributed by atoms with van der Waals surface area (Å²) < 4.78 is 4.78. The topological polar surface area (TPSA) is 26.0 Å². The molecule has 2 unspecified atom stereocenters. The van der Waals surface area contributed by atoms with Gasteiger partial charge in [0.25, 0.3) is 0 Å². The summed E-state index contributed by atoms with van der Waals surface area (Å²) in [5.41, 5.74) is 10.8. The fraction of sp³-hybridized carbons (Fsp3) is 0.0426. The van der Waals surface area contributed by atoms with Gasteiger partial charge in [-0.3, -0.25) is 4.57 Å². The predicted molar refractivity (Wildman–Crippen MR) is 212 cm³/mol.